The molecule has 6 nitrogen and oxygen atoms in total. The molecule has 0 bridgehead atoms. The van der Waals surface area contributed by atoms with Crippen LogP contribution in [0.5, 0.6) is 11.5 Å². The van der Waals surface area contributed by atoms with E-state index in [1.165, 1.54) is 0 Å². The smallest absolute Gasteiger partial charge is 0.261 e. The number of aryl methyl sites for hydroxylation is 2. The van der Waals surface area contributed by atoms with Gasteiger partial charge in [-0.2, -0.15) is 0 Å². The largest absolute Gasteiger partial charge is 0.497 e. The third-order valence-corrected chi connectivity index (χ3v) is 7.15. The molecule has 0 unspecified atom stereocenters. The van der Waals surface area contributed by atoms with Crippen LogP contribution in [0.3, 0.4) is 0 Å². The molecule has 1 aliphatic carbocycles. The molecule has 0 aliphatic heterocycles. The van der Waals surface area contributed by atoms with Crippen molar-refractivity contribution < 1.29 is 19.1 Å². The fourth-order valence-corrected chi connectivity index (χ4v) is 4.97. The Morgan fingerprint density at radius 1 is 0.947 bits per heavy atom. The summed E-state index contributed by atoms with van der Waals surface area (Å²) < 4.78 is 11.4. The van der Waals surface area contributed by atoms with Crippen LogP contribution in [0, 0.1) is 13.8 Å². The highest BCUT2D eigenvalue weighted by Gasteiger charge is 2.32. The van der Waals surface area contributed by atoms with E-state index in [0.717, 1.165) is 47.9 Å². The summed E-state index contributed by atoms with van der Waals surface area (Å²) in [5.41, 5.74) is 3.90. The molecule has 0 heterocycles. The highest BCUT2D eigenvalue weighted by atomic mass is 16.5. The zero-order chi connectivity index (χ0) is 26.9. The van der Waals surface area contributed by atoms with Crippen molar-refractivity contribution in [3.63, 3.8) is 0 Å². The number of amides is 2. The van der Waals surface area contributed by atoms with Gasteiger partial charge in [0.25, 0.3) is 5.91 Å². The fraction of sp³-hybridized carbons (Fsp3) is 0.375. The SMILES string of the molecule is COc1cccc(CN(C(=O)COc2cc(C)ccc2C)[C@H](Cc2ccccc2)C(=O)NC2CCCC2)c1. The van der Waals surface area contributed by atoms with Crippen molar-refractivity contribution in [2.45, 2.75) is 64.6 Å². The molecule has 0 saturated heterocycles. The van der Waals surface area contributed by atoms with Crippen LogP contribution in [0.4, 0.5) is 0 Å². The minimum atomic E-state index is -0.682. The highest BCUT2D eigenvalue weighted by Crippen LogP contribution is 2.23. The van der Waals surface area contributed by atoms with E-state index in [-0.39, 0.29) is 31.0 Å². The highest BCUT2D eigenvalue weighted by molar-refractivity contribution is 5.88. The zero-order valence-electron chi connectivity index (χ0n) is 22.6. The second-order valence-corrected chi connectivity index (χ2v) is 10.1. The van der Waals surface area contributed by atoms with Crippen molar-refractivity contribution in [1.29, 1.82) is 0 Å². The maximum absolute atomic E-state index is 13.8. The Bertz CT molecular complexity index is 1220. The number of ether oxygens (including phenoxy) is 2. The van der Waals surface area contributed by atoms with Gasteiger partial charge < -0.3 is 19.7 Å². The Morgan fingerprint density at radius 3 is 2.42 bits per heavy atom. The number of nitrogens with zero attached hydrogens (tertiary/aromatic N) is 1. The average Bonchev–Trinajstić information content (AvgIpc) is 3.44. The summed E-state index contributed by atoms with van der Waals surface area (Å²) in [5, 5.41) is 3.23. The van der Waals surface area contributed by atoms with Gasteiger partial charge in [0.2, 0.25) is 5.91 Å². The number of hydrogen-bond donors (Lipinski definition) is 1. The van der Waals surface area contributed by atoms with Crippen LogP contribution in [0.1, 0.15) is 47.9 Å². The van der Waals surface area contributed by atoms with Crippen LogP contribution < -0.4 is 14.8 Å². The topological polar surface area (TPSA) is 67.9 Å². The molecule has 38 heavy (non-hydrogen) atoms. The van der Waals surface area contributed by atoms with Crippen LogP contribution in [-0.4, -0.2) is 42.5 Å². The number of methoxy groups -OCH3 is 1. The van der Waals surface area contributed by atoms with Gasteiger partial charge in [-0.1, -0.05) is 67.4 Å². The third-order valence-electron chi connectivity index (χ3n) is 7.15. The van der Waals surface area contributed by atoms with E-state index in [0.29, 0.717) is 17.9 Å². The van der Waals surface area contributed by atoms with E-state index in [4.69, 9.17) is 9.47 Å². The van der Waals surface area contributed by atoms with Crippen molar-refractivity contribution in [2.75, 3.05) is 13.7 Å². The van der Waals surface area contributed by atoms with E-state index in [9.17, 15) is 9.59 Å². The van der Waals surface area contributed by atoms with Crippen LogP contribution in [0.15, 0.2) is 72.8 Å². The fourth-order valence-electron chi connectivity index (χ4n) is 4.97. The maximum Gasteiger partial charge on any atom is 0.261 e. The Labute approximate surface area is 226 Å². The number of carbonyl (C=O) groups is 2. The Kier molecular flexibility index (Phi) is 9.41. The van der Waals surface area contributed by atoms with Gasteiger partial charge in [0.15, 0.2) is 6.61 Å². The van der Waals surface area contributed by atoms with Crippen molar-refractivity contribution in [3.05, 3.63) is 95.1 Å². The molecule has 200 valence electrons. The lowest BCUT2D eigenvalue weighted by molar-refractivity contribution is -0.143. The van der Waals surface area contributed by atoms with Gasteiger partial charge in [0.1, 0.15) is 17.5 Å². The first kappa shape index (κ1) is 27.2. The zero-order valence-corrected chi connectivity index (χ0v) is 22.6. The van der Waals surface area contributed by atoms with Gasteiger partial charge in [-0.3, -0.25) is 9.59 Å². The number of carbonyl (C=O) groups excluding carboxylic acids is 2. The predicted molar refractivity (Wildman–Crippen MR) is 149 cm³/mol. The van der Waals surface area contributed by atoms with Crippen LogP contribution in [-0.2, 0) is 22.6 Å². The molecule has 3 aromatic rings. The Hall–Kier alpha value is -3.80. The molecule has 6 heteroatoms. The van der Waals surface area contributed by atoms with Crippen molar-refractivity contribution in [1.82, 2.24) is 10.2 Å². The Morgan fingerprint density at radius 2 is 1.68 bits per heavy atom. The van der Waals surface area contributed by atoms with Crippen molar-refractivity contribution in [2.24, 2.45) is 0 Å². The van der Waals surface area contributed by atoms with Gasteiger partial charge in [0.05, 0.1) is 7.11 Å². The number of hydrogen-bond acceptors (Lipinski definition) is 4. The first-order chi connectivity index (χ1) is 18.4. The summed E-state index contributed by atoms with van der Waals surface area (Å²) >= 11 is 0. The summed E-state index contributed by atoms with van der Waals surface area (Å²) in [6, 6.07) is 22.9. The minimum Gasteiger partial charge on any atom is -0.497 e. The number of nitrogens with one attached hydrogen (secondary N) is 1. The summed E-state index contributed by atoms with van der Waals surface area (Å²) in [5.74, 6) is 1.02. The number of rotatable bonds is 11. The van der Waals surface area contributed by atoms with Gasteiger partial charge in [-0.15, -0.1) is 0 Å². The Balaban J connectivity index is 1.63. The van der Waals surface area contributed by atoms with E-state index in [1.807, 2.05) is 86.6 Å². The molecule has 1 aliphatic rings. The summed E-state index contributed by atoms with van der Waals surface area (Å²) in [7, 11) is 1.62. The maximum atomic E-state index is 13.8. The minimum absolute atomic E-state index is 0.122. The second-order valence-electron chi connectivity index (χ2n) is 10.1. The van der Waals surface area contributed by atoms with E-state index < -0.39 is 6.04 Å². The van der Waals surface area contributed by atoms with Crippen LogP contribution in [0.25, 0.3) is 0 Å². The molecule has 4 rings (SSSR count). The molecular formula is C32H38N2O4. The van der Waals surface area contributed by atoms with Gasteiger partial charge in [0, 0.05) is 19.0 Å². The predicted octanol–water partition coefficient (Wildman–Crippen LogP) is 5.39. The summed E-state index contributed by atoms with van der Waals surface area (Å²) in [4.78, 5) is 29.3. The second kappa shape index (κ2) is 13.1. The van der Waals surface area contributed by atoms with Crippen molar-refractivity contribution in [3.8, 4) is 11.5 Å². The normalized spacial score (nSPS) is 14.1. The summed E-state index contributed by atoms with van der Waals surface area (Å²) in [6.07, 6.45) is 4.60. The van der Waals surface area contributed by atoms with E-state index in [2.05, 4.69) is 5.32 Å². The third kappa shape index (κ3) is 7.37. The van der Waals surface area contributed by atoms with Crippen LogP contribution in [0.2, 0.25) is 0 Å². The molecule has 0 aromatic heterocycles. The summed E-state index contributed by atoms with van der Waals surface area (Å²) in [6.45, 7) is 4.06. The monoisotopic (exact) mass is 514 g/mol. The molecule has 1 atom stereocenters. The quantitative estimate of drug-likeness (QED) is 0.373. The molecule has 3 aromatic carbocycles. The van der Waals surface area contributed by atoms with Crippen LogP contribution >= 0.6 is 0 Å². The first-order valence-corrected chi connectivity index (χ1v) is 13.4. The van der Waals surface area contributed by atoms with E-state index in [1.54, 1.807) is 12.0 Å². The molecular weight excluding hydrogens is 476 g/mol. The molecule has 1 N–H and O–H groups in total. The molecule has 1 saturated carbocycles. The average molecular weight is 515 g/mol. The molecule has 0 radical (unpaired) electrons. The standard InChI is InChI=1S/C32H38N2O4/c1-23-16-17-24(2)30(18-23)38-22-31(35)34(21-26-12-9-15-28(19-26)37-3)29(20-25-10-5-4-6-11-25)32(36)33-27-13-7-8-14-27/h4-6,9-12,15-19,27,29H,7-8,13-14,20-22H2,1-3H3,(H,33,36)/t29-/m1/s1. The van der Waals surface area contributed by atoms with Gasteiger partial charge >= 0.3 is 0 Å². The lowest BCUT2D eigenvalue weighted by Gasteiger charge is -2.32. The molecule has 0 spiro atoms. The van der Waals surface area contributed by atoms with Gasteiger partial charge in [-0.05, 0) is 67.1 Å². The number of benzene rings is 3. The lowest BCUT2D eigenvalue weighted by Crippen LogP contribution is -2.53. The first-order valence-electron chi connectivity index (χ1n) is 13.4. The van der Waals surface area contributed by atoms with Gasteiger partial charge in [-0.25, -0.2) is 0 Å². The lowest BCUT2D eigenvalue weighted by atomic mass is 10.0. The van der Waals surface area contributed by atoms with Crippen molar-refractivity contribution >= 4 is 11.8 Å². The molecule has 2 amide bonds. The molecule has 1 fully saturated rings. The van der Waals surface area contributed by atoms with E-state index >= 15 is 0 Å².